The highest BCUT2D eigenvalue weighted by atomic mass is 32.2. The minimum atomic E-state index is -3.38. The third-order valence-corrected chi connectivity index (χ3v) is 7.06. The van der Waals surface area contributed by atoms with Gasteiger partial charge in [-0.3, -0.25) is 0 Å². The van der Waals surface area contributed by atoms with Gasteiger partial charge >= 0.3 is 0 Å². The molecule has 1 aromatic rings. The number of aryl methyl sites for hydroxylation is 2. The molecule has 21 heavy (non-hydrogen) atoms. The van der Waals surface area contributed by atoms with Crippen LogP contribution in [0, 0.1) is 25.7 Å². The van der Waals surface area contributed by atoms with Crippen LogP contribution < -0.4 is 5.73 Å². The maximum atomic E-state index is 12.8. The summed E-state index contributed by atoms with van der Waals surface area (Å²) in [5.74, 6) is 0.773. The molecule has 1 heterocycles. The van der Waals surface area contributed by atoms with Crippen LogP contribution in [0.3, 0.4) is 0 Å². The summed E-state index contributed by atoms with van der Waals surface area (Å²) in [5, 5.41) is 0. The third kappa shape index (κ3) is 2.62. The van der Waals surface area contributed by atoms with E-state index in [9.17, 15) is 8.42 Å². The first-order valence-electron chi connectivity index (χ1n) is 7.72. The number of hydrogen-bond donors (Lipinski definition) is 1. The van der Waals surface area contributed by atoms with Crippen LogP contribution in [0.4, 0.5) is 0 Å². The number of fused-ring (bicyclic) bond motifs is 1. The average Bonchev–Trinajstić information content (AvgIpc) is 2.88. The van der Waals surface area contributed by atoms with E-state index in [1.54, 1.807) is 16.4 Å². The minimum Gasteiger partial charge on any atom is -0.327 e. The molecule has 116 valence electrons. The van der Waals surface area contributed by atoms with Gasteiger partial charge in [0.2, 0.25) is 10.0 Å². The molecule has 0 bridgehead atoms. The summed E-state index contributed by atoms with van der Waals surface area (Å²) in [5.41, 5.74) is 8.32. The van der Waals surface area contributed by atoms with E-state index in [0.717, 1.165) is 30.4 Å². The van der Waals surface area contributed by atoms with E-state index in [0.29, 0.717) is 29.8 Å². The van der Waals surface area contributed by atoms with Gasteiger partial charge in [0.1, 0.15) is 0 Å². The second-order valence-electron chi connectivity index (χ2n) is 6.59. The molecule has 1 aromatic carbocycles. The third-order valence-electron chi connectivity index (χ3n) is 5.24. The van der Waals surface area contributed by atoms with Crippen molar-refractivity contribution in [1.82, 2.24) is 4.31 Å². The average molecular weight is 308 g/mol. The van der Waals surface area contributed by atoms with Gasteiger partial charge in [-0.15, -0.1) is 0 Å². The molecule has 3 rings (SSSR count). The van der Waals surface area contributed by atoms with Gasteiger partial charge < -0.3 is 5.73 Å². The zero-order chi connectivity index (χ0) is 15.2. The molecule has 2 N–H and O–H groups in total. The Kier molecular flexibility index (Phi) is 3.84. The Morgan fingerprint density at radius 1 is 1.14 bits per heavy atom. The van der Waals surface area contributed by atoms with Gasteiger partial charge in [-0.2, -0.15) is 4.31 Å². The van der Waals surface area contributed by atoms with Gasteiger partial charge in [-0.25, -0.2) is 8.42 Å². The normalized spacial score (nSPS) is 30.3. The number of nitrogens with zero attached hydrogens (tertiary/aromatic N) is 1. The molecular weight excluding hydrogens is 284 g/mol. The van der Waals surface area contributed by atoms with Crippen LogP contribution in [0.2, 0.25) is 0 Å². The summed E-state index contributed by atoms with van der Waals surface area (Å²) in [7, 11) is -3.38. The van der Waals surface area contributed by atoms with Crippen molar-refractivity contribution in [3.05, 3.63) is 29.3 Å². The minimum absolute atomic E-state index is 0.156. The lowest BCUT2D eigenvalue weighted by atomic mass is 9.78. The molecule has 2 aliphatic rings. The highest BCUT2D eigenvalue weighted by molar-refractivity contribution is 7.89. The molecule has 0 aromatic heterocycles. The Morgan fingerprint density at radius 2 is 1.90 bits per heavy atom. The fraction of sp³-hybridized carbons (Fsp3) is 0.625. The van der Waals surface area contributed by atoms with Gasteiger partial charge in [-0.1, -0.05) is 12.5 Å². The first kappa shape index (κ1) is 15.0. The Labute approximate surface area is 127 Å². The summed E-state index contributed by atoms with van der Waals surface area (Å²) in [4.78, 5) is 0.415. The molecule has 2 fully saturated rings. The van der Waals surface area contributed by atoms with E-state index >= 15 is 0 Å². The van der Waals surface area contributed by atoms with Crippen molar-refractivity contribution in [2.45, 2.75) is 44.0 Å². The van der Waals surface area contributed by atoms with E-state index in [1.165, 1.54) is 0 Å². The maximum Gasteiger partial charge on any atom is 0.243 e. The van der Waals surface area contributed by atoms with E-state index in [-0.39, 0.29) is 6.04 Å². The zero-order valence-electron chi connectivity index (χ0n) is 12.7. The monoisotopic (exact) mass is 308 g/mol. The van der Waals surface area contributed by atoms with Gasteiger partial charge in [0.05, 0.1) is 4.90 Å². The summed E-state index contributed by atoms with van der Waals surface area (Å²) in [6.07, 6.45) is 3.26. The molecule has 3 atom stereocenters. The number of nitrogens with two attached hydrogens (primary N) is 1. The SMILES string of the molecule is Cc1ccc(S(=O)(=O)N2CC3CCCC(N)C3C2)cc1C. The largest absolute Gasteiger partial charge is 0.327 e. The molecule has 1 aliphatic carbocycles. The first-order chi connectivity index (χ1) is 9.89. The molecular formula is C16H24N2O2S. The fourth-order valence-electron chi connectivity index (χ4n) is 3.70. The number of sulfonamides is 1. The van der Waals surface area contributed by atoms with Crippen LogP contribution in [0.1, 0.15) is 30.4 Å². The van der Waals surface area contributed by atoms with Gasteiger partial charge in [0.15, 0.2) is 0 Å². The molecule has 0 radical (unpaired) electrons. The topological polar surface area (TPSA) is 63.4 Å². The van der Waals surface area contributed by atoms with Crippen LogP contribution in [0.25, 0.3) is 0 Å². The first-order valence-corrected chi connectivity index (χ1v) is 9.16. The van der Waals surface area contributed by atoms with Crippen LogP contribution in [-0.4, -0.2) is 31.9 Å². The van der Waals surface area contributed by atoms with Crippen molar-refractivity contribution < 1.29 is 8.42 Å². The van der Waals surface area contributed by atoms with E-state index in [1.807, 2.05) is 19.9 Å². The number of rotatable bonds is 2. The quantitative estimate of drug-likeness (QED) is 0.909. The molecule has 1 aliphatic heterocycles. The number of benzene rings is 1. The predicted molar refractivity (Wildman–Crippen MR) is 83.5 cm³/mol. The molecule has 3 unspecified atom stereocenters. The van der Waals surface area contributed by atoms with Gasteiger partial charge in [0.25, 0.3) is 0 Å². The van der Waals surface area contributed by atoms with Gasteiger partial charge in [-0.05, 0) is 61.8 Å². The molecule has 0 amide bonds. The summed E-state index contributed by atoms with van der Waals surface area (Å²) in [6.45, 7) is 5.16. The molecule has 5 heteroatoms. The molecule has 0 spiro atoms. The molecule has 1 saturated carbocycles. The van der Waals surface area contributed by atoms with Gasteiger partial charge in [0, 0.05) is 19.1 Å². The van der Waals surface area contributed by atoms with E-state index < -0.39 is 10.0 Å². The second-order valence-corrected chi connectivity index (χ2v) is 8.52. The van der Waals surface area contributed by atoms with Crippen LogP contribution in [0.15, 0.2) is 23.1 Å². The Balaban J connectivity index is 1.87. The van der Waals surface area contributed by atoms with Crippen molar-refractivity contribution in [1.29, 1.82) is 0 Å². The summed E-state index contributed by atoms with van der Waals surface area (Å²) < 4.78 is 27.3. The Bertz CT molecular complexity index is 642. The molecule has 4 nitrogen and oxygen atoms in total. The Morgan fingerprint density at radius 3 is 2.57 bits per heavy atom. The fourth-order valence-corrected chi connectivity index (χ4v) is 5.32. The van der Waals surface area contributed by atoms with Crippen LogP contribution in [-0.2, 0) is 10.0 Å². The smallest absolute Gasteiger partial charge is 0.243 e. The summed E-state index contributed by atoms with van der Waals surface area (Å²) >= 11 is 0. The van der Waals surface area contributed by atoms with E-state index in [2.05, 4.69) is 0 Å². The lowest BCUT2D eigenvalue weighted by molar-refractivity contribution is 0.260. The zero-order valence-corrected chi connectivity index (χ0v) is 13.6. The van der Waals surface area contributed by atoms with Crippen molar-refractivity contribution in [3.63, 3.8) is 0 Å². The van der Waals surface area contributed by atoms with Crippen molar-refractivity contribution >= 4 is 10.0 Å². The van der Waals surface area contributed by atoms with Crippen molar-refractivity contribution in [2.24, 2.45) is 17.6 Å². The Hall–Kier alpha value is -0.910. The number of hydrogen-bond acceptors (Lipinski definition) is 3. The lowest BCUT2D eigenvalue weighted by Crippen LogP contribution is -2.38. The molecule has 1 saturated heterocycles. The lowest BCUT2D eigenvalue weighted by Gasteiger charge is -2.29. The predicted octanol–water partition coefficient (Wildman–Crippen LogP) is 2.05. The highest BCUT2D eigenvalue weighted by Gasteiger charge is 2.43. The van der Waals surface area contributed by atoms with Crippen LogP contribution >= 0.6 is 0 Å². The highest BCUT2D eigenvalue weighted by Crippen LogP contribution is 2.37. The maximum absolute atomic E-state index is 12.8. The van der Waals surface area contributed by atoms with Crippen LogP contribution in [0.5, 0.6) is 0 Å². The van der Waals surface area contributed by atoms with Crippen molar-refractivity contribution in [3.8, 4) is 0 Å². The van der Waals surface area contributed by atoms with E-state index in [4.69, 9.17) is 5.73 Å². The second kappa shape index (κ2) is 5.38. The standard InChI is InChI=1S/C16H24N2O2S/c1-11-6-7-14(8-12(11)2)21(19,20)18-9-13-4-3-5-16(17)15(13)10-18/h6-8,13,15-16H,3-5,9-10,17H2,1-2H3. The van der Waals surface area contributed by atoms with Crippen molar-refractivity contribution in [2.75, 3.05) is 13.1 Å². The summed E-state index contributed by atoms with van der Waals surface area (Å²) in [6, 6.07) is 5.55.